The maximum Gasteiger partial charge on any atom is 0.226 e. The number of carbonyl (C=O) groups excluding carboxylic acids is 1. The van der Waals surface area contributed by atoms with Crippen LogP contribution in [0.4, 0.5) is 0 Å². The van der Waals surface area contributed by atoms with Crippen molar-refractivity contribution in [3.63, 3.8) is 0 Å². The summed E-state index contributed by atoms with van der Waals surface area (Å²) in [6.45, 7) is 4.64. The van der Waals surface area contributed by atoms with Gasteiger partial charge in [-0.3, -0.25) is 4.79 Å². The minimum absolute atomic E-state index is 0.177. The number of carbonyl (C=O) groups is 1. The lowest BCUT2D eigenvalue weighted by Crippen LogP contribution is -2.24. The molecule has 0 fully saturated rings. The highest BCUT2D eigenvalue weighted by Crippen LogP contribution is 2.30. The van der Waals surface area contributed by atoms with Crippen LogP contribution in [0.1, 0.15) is 37.0 Å². The van der Waals surface area contributed by atoms with Gasteiger partial charge in [-0.05, 0) is 47.8 Å². The molecule has 2 heteroatoms. The minimum atomic E-state index is 0.177. The summed E-state index contributed by atoms with van der Waals surface area (Å²) >= 11 is 0. The fraction of sp³-hybridized carbons (Fsp3) is 0.588. The van der Waals surface area contributed by atoms with Crippen LogP contribution in [-0.4, -0.2) is 24.9 Å². The molecule has 0 N–H and O–H groups in total. The second-order valence-electron chi connectivity index (χ2n) is 6.31. The lowest BCUT2D eigenvalue weighted by Gasteiger charge is -2.28. The van der Waals surface area contributed by atoms with Gasteiger partial charge in [-0.25, -0.2) is 0 Å². The van der Waals surface area contributed by atoms with E-state index in [0.717, 1.165) is 17.4 Å². The molecule has 0 spiro atoms. The molecule has 104 valence electrons. The van der Waals surface area contributed by atoms with Gasteiger partial charge in [0.15, 0.2) is 0 Å². The first kappa shape index (κ1) is 14.1. The molecule has 2 nitrogen and oxygen atoms in total. The third-order valence-electron chi connectivity index (χ3n) is 4.33. The predicted molar refractivity (Wildman–Crippen MR) is 79.2 cm³/mol. The van der Waals surface area contributed by atoms with Crippen molar-refractivity contribution in [2.75, 3.05) is 14.1 Å². The third kappa shape index (κ3) is 3.37. The molecule has 0 saturated heterocycles. The summed E-state index contributed by atoms with van der Waals surface area (Å²) in [6.07, 6.45) is 4.18. The summed E-state index contributed by atoms with van der Waals surface area (Å²) in [5.41, 5.74) is 4.10. The summed E-state index contributed by atoms with van der Waals surface area (Å²) in [6, 6.07) is 6.61. The monoisotopic (exact) mass is 259 g/mol. The molecular formula is C17H25NO. The summed E-state index contributed by atoms with van der Waals surface area (Å²) < 4.78 is 0. The Labute approximate surface area is 116 Å². The smallest absolute Gasteiger partial charge is 0.226 e. The van der Waals surface area contributed by atoms with Crippen molar-refractivity contribution in [2.24, 2.45) is 11.8 Å². The number of nitrogens with zero attached hydrogens (tertiary/aromatic N) is 1. The quantitative estimate of drug-likeness (QED) is 0.817. The molecule has 0 heterocycles. The van der Waals surface area contributed by atoms with Gasteiger partial charge >= 0.3 is 0 Å². The molecule has 0 aromatic heterocycles. The fourth-order valence-corrected chi connectivity index (χ4v) is 2.85. The van der Waals surface area contributed by atoms with Crippen molar-refractivity contribution in [3.05, 3.63) is 34.9 Å². The highest BCUT2D eigenvalue weighted by Gasteiger charge is 2.21. The van der Waals surface area contributed by atoms with E-state index in [0.29, 0.717) is 6.42 Å². The van der Waals surface area contributed by atoms with Crippen LogP contribution in [0.25, 0.3) is 0 Å². The second-order valence-corrected chi connectivity index (χ2v) is 6.31. The molecule has 0 radical (unpaired) electrons. The largest absolute Gasteiger partial charge is 0.349 e. The predicted octanol–water partition coefficient (Wildman–Crippen LogP) is 3.08. The van der Waals surface area contributed by atoms with E-state index in [4.69, 9.17) is 0 Å². The summed E-state index contributed by atoms with van der Waals surface area (Å²) in [4.78, 5) is 13.4. The van der Waals surface area contributed by atoms with Gasteiger partial charge in [0.05, 0.1) is 6.42 Å². The molecule has 2 rings (SSSR count). The number of rotatable bonds is 3. The summed E-state index contributed by atoms with van der Waals surface area (Å²) in [5, 5.41) is 0. The van der Waals surface area contributed by atoms with E-state index < -0.39 is 0 Å². The molecule has 1 amide bonds. The zero-order chi connectivity index (χ0) is 14.0. The van der Waals surface area contributed by atoms with Gasteiger partial charge in [-0.1, -0.05) is 32.0 Å². The van der Waals surface area contributed by atoms with Crippen LogP contribution in [0.2, 0.25) is 0 Å². The maximum atomic E-state index is 11.7. The van der Waals surface area contributed by atoms with Crippen molar-refractivity contribution in [1.82, 2.24) is 4.90 Å². The Morgan fingerprint density at radius 1 is 1.32 bits per heavy atom. The molecule has 1 aromatic rings. The molecule has 1 aliphatic carbocycles. The van der Waals surface area contributed by atoms with Crippen LogP contribution in [0.3, 0.4) is 0 Å². The zero-order valence-corrected chi connectivity index (χ0v) is 12.6. The van der Waals surface area contributed by atoms with Gasteiger partial charge in [0.2, 0.25) is 5.91 Å². The van der Waals surface area contributed by atoms with Crippen molar-refractivity contribution >= 4 is 5.91 Å². The molecule has 0 saturated carbocycles. The third-order valence-corrected chi connectivity index (χ3v) is 4.33. The Balaban J connectivity index is 2.11. The number of aryl methyl sites for hydroxylation is 1. The molecule has 1 aromatic carbocycles. The van der Waals surface area contributed by atoms with Crippen molar-refractivity contribution in [3.8, 4) is 0 Å². The van der Waals surface area contributed by atoms with Gasteiger partial charge in [-0.15, -0.1) is 0 Å². The number of amides is 1. The first-order valence-corrected chi connectivity index (χ1v) is 7.28. The van der Waals surface area contributed by atoms with Crippen LogP contribution in [-0.2, 0) is 24.1 Å². The van der Waals surface area contributed by atoms with E-state index in [2.05, 4.69) is 32.0 Å². The topological polar surface area (TPSA) is 20.3 Å². The summed E-state index contributed by atoms with van der Waals surface area (Å²) in [5.74, 6) is 1.76. The lowest BCUT2D eigenvalue weighted by molar-refractivity contribution is -0.127. The van der Waals surface area contributed by atoms with Gasteiger partial charge in [0.25, 0.3) is 0 Å². The number of hydrogen-bond acceptors (Lipinski definition) is 1. The zero-order valence-electron chi connectivity index (χ0n) is 12.6. The maximum absolute atomic E-state index is 11.7. The van der Waals surface area contributed by atoms with Crippen molar-refractivity contribution < 1.29 is 4.79 Å². The molecule has 1 unspecified atom stereocenters. The average molecular weight is 259 g/mol. The Hall–Kier alpha value is -1.31. The molecular weight excluding hydrogens is 234 g/mol. The highest BCUT2D eigenvalue weighted by molar-refractivity contribution is 5.78. The summed E-state index contributed by atoms with van der Waals surface area (Å²) in [7, 11) is 3.63. The molecule has 19 heavy (non-hydrogen) atoms. The van der Waals surface area contributed by atoms with Gasteiger partial charge in [0, 0.05) is 14.1 Å². The standard InChI is InChI=1S/C17H25NO/c1-12(2)14-7-8-15-9-13(5-6-16(15)11-14)10-17(19)18(3)4/h5-6,9,12,14H,7-8,10-11H2,1-4H3. The Morgan fingerprint density at radius 2 is 2.05 bits per heavy atom. The average Bonchev–Trinajstić information content (AvgIpc) is 2.37. The second kappa shape index (κ2) is 5.77. The van der Waals surface area contributed by atoms with Crippen molar-refractivity contribution in [2.45, 2.75) is 39.5 Å². The van der Waals surface area contributed by atoms with Crippen LogP contribution in [0.15, 0.2) is 18.2 Å². The molecule has 1 aliphatic rings. The van der Waals surface area contributed by atoms with Gasteiger partial charge in [0.1, 0.15) is 0 Å². The van der Waals surface area contributed by atoms with E-state index in [-0.39, 0.29) is 5.91 Å². The van der Waals surface area contributed by atoms with Gasteiger partial charge < -0.3 is 4.90 Å². The van der Waals surface area contributed by atoms with Gasteiger partial charge in [-0.2, -0.15) is 0 Å². The highest BCUT2D eigenvalue weighted by atomic mass is 16.2. The van der Waals surface area contributed by atoms with Crippen LogP contribution in [0.5, 0.6) is 0 Å². The number of likely N-dealkylation sites (N-methyl/N-ethyl adjacent to an activating group) is 1. The van der Waals surface area contributed by atoms with E-state index >= 15 is 0 Å². The van der Waals surface area contributed by atoms with Crippen LogP contribution < -0.4 is 0 Å². The first-order valence-electron chi connectivity index (χ1n) is 7.28. The molecule has 0 bridgehead atoms. The van der Waals surface area contributed by atoms with E-state index in [1.807, 2.05) is 14.1 Å². The molecule has 0 aliphatic heterocycles. The number of fused-ring (bicyclic) bond motifs is 1. The fourth-order valence-electron chi connectivity index (χ4n) is 2.85. The first-order chi connectivity index (χ1) is 8.97. The Kier molecular flexibility index (Phi) is 4.28. The lowest BCUT2D eigenvalue weighted by atomic mass is 9.78. The van der Waals surface area contributed by atoms with Crippen LogP contribution in [0, 0.1) is 11.8 Å². The van der Waals surface area contributed by atoms with E-state index in [1.54, 1.807) is 4.90 Å². The minimum Gasteiger partial charge on any atom is -0.349 e. The number of hydrogen-bond donors (Lipinski definition) is 0. The van der Waals surface area contributed by atoms with E-state index in [1.165, 1.54) is 30.4 Å². The Morgan fingerprint density at radius 3 is 2.68 bits per heavy atom. The van der Waals surface area contributed by atoms with E-state index in [9.17, 15) is 4.79 Å². The number of benzene rings is 1. The van der Waals surface area contributed by atoms with Crippen molar-refractivity contribution in [1.29, 1.82) is 0 Å². The molecule has 1 atom stereocenters. The van der Waals surface area contributed by atoms with Crippen LogP contribution >= 0.6 is 0 Å². The Bertz CT molecular complexity index is 462. The SMILES string of the molecule is CC(C)C1CCc2cc(CC(=O)N(C)C)ccc2C1. The normalized spacial score (nSPS) is 18.3.